The smallest absolute Gasteiger partial charge is 0.393 e. The van der Waals surface area contributed by atoms with E-state index in [4.69, 9.17) is 9.47 Å². The number of rotatable bonds is 6. The molecule has 0 spiro atoms. The van der Waals surface area contributed by atoms with Crippen molar-refractivity contribution in [2.45, 2.75) is 19.4 Å². The van der Waals surface area contributed by atoms with Crippen LogP contribution in [0.1, 0.15) is 11.1 Å². The molecule has 2 aromatic carbocycles. The molecule has 142 valence electrons. The van der Waals surface area contributed by atoms with Crippen molar-refractivity contribution in [3.63, 3.8) is 0 Å². The van der Waals surface area contributed by atoms with Gasteiger partial charge < -0.3 is 9.47 Å². The van der Waals surface area contributed by atoms with Gasteiger partial charge in [-0.3, -0.25) is 9.59 Å². The van der Waals surface area contributed by atoms with Gasteiger partial charge in [-0.05, 0) is 11.1 Å². The number of ether oxygens (including phenoxy) is 2. The second kappa shape index (κ2) is 7.82. The summed E-state index contributed by atoms with van der Waals surface area (Å²) in [6.07, 6.45) is -4.67. The lowest BCUT2D eigenvalue weighted by Gasteiger charge is -2.06. The van der Waals surface area contributed by atoms with E-state index in [2.05, 4.69) is 0 Å². The van der Waals surface area contributed by atoms with Gasteiger partial charge in [-0.15, -0.1) is 0 Å². The van der Waals surface area contributed by atoms with Gasteiger partial charge >= 0.3 is 18.1 Å². The summed E-state index contributed by atoms with van der Waals surface area (Å²) in [6, 6.07) is 17.2. The highest BCUT2D eigenvalue weighted by Crippen LogP contribution is 2.56. The van der Waals surface area contributed by atoms with Crippen LogP contribution in [-0.4, -0.2) is 18.1 Å². The van der Waals surface area contributed by atoms with Crippen LogP contribution in [0.5, 0.6) is 0 Å². The van der Waals surface area contributed by atoms with E-state index in [1.54, 1.807) is 60.7 Å². The average Bonchev–Trinajstić information content (AvgIpc) is 3.42. The quantitative estimate of drug-likeness (QED) is 0.716. The van der Waals surface area contributed by atoms with Crippen molar-refractivity contribution in [3.8, 4) is 0 Å². The fourth-order valence-electron chi connectivity index (χ4n) is 2.95. The predicted molar refractivity (Wildman–Crippen MR) is 89.0 cm³/mol. The molecular weight excluding hydrogens is 361 g/mol. The zero-order chi connectivity index (χ0) is 19.4. The number of alkyl halides is 3. The largest absolute Gasteiger partial charge is 0.461 e. The minimum absolute atomic E-state index is 0.146. The molecule has 0 bridgehead atoms. The number of benzene rings is 2. The van der Waals surface area contributed by atoms with Crippen LogP contribution in [-0.2, 0) is 32.3 Å². The van der Waals surface area contributed by atoms with Gasteiger partial charge in [-0.25, -0.2) is 0 Å². The van der Waals surface area contributed by atoms with Crippen LogP contribution in [0.15, 0.2) is 60.7 Å². The first-order chi connectivity index (χ1) is 12.9. The number of esters is 2. The lowest BCUT2D eigenvalue weighted by Crippen LogP contribution is -2.17. The van der Waals surface area contributed by atoms with E-state index in [9.17, 15) is 22.8 Å². The molecule has 3 rings (SSSR count). The maximum absolute atomic E-state index is 13.2. The van der Waals surface area contributed by atoms with Crippen LogP contribution in [0.4, 0.5) is 13.2 Å². The van der Waals surface area contributed by atoms with Gasteiger partial charge in [0.05, 0.1) is 17.8 Å². The van der Waals surface area contributed by atoms with Crippen molar-refractivity contribution < 1.29 is 32.2 Å². The molecule has 0 aromatic heterocycles. The molecule has 0 heterocycles. The number of hydrogen-bond donors (Lipinski definition) is 0. The fourth-order valence-corrected chi connectivity index (χ4v) is 2.95. The molecule has 1 unspecified atom stereocenters. The van der Waals surface area contributed by atoms with Crippen molar-refractivity contribution in [3.05, 3.63) is 71.8 Å². The molecule has 1 fully saturated rings. The summed E-state index contributed by atoms with van der Waals surface area (Å²) in [5.74, 6) is -7.26. The van der Waals surface area contributed by atoms with Gasteiger partial charge in [-0.1, -0.05) is 60.7 Å². The predicted octanol–water partition coefficient (Wildman–Crippen LogP) is 3.90. The molecule has 1 aliphatic carbocycles. The maximum Gasteiger partial charge on any atom is 0.393 e. The van der Waals surface area contributed by atoms with Gasteiger partial charge in [0, 0.05) is 0 Å². The van der Waals surface area contributed by atoms with E-state index in [0.717, 1.165) is 0 Å². The van der Waals surface area contributed by atoms with Crippen molar-refractivity contribution in [2.75, 3.05) is 0 Å². The molecule has 3 atom stereocenters. The molecular formula is C20H17F3O4. The average molecular weight is 378 g/mol. The molecule has 0 N–H and O–H groups in total. The monoisotopic (exact) mass is 378 g/mol. The second-order valence-electron chi connectivity index (χ2n) is 6.31. The van der Waals surface area contributed by atoms with Gasteiger partial charge in [0.2, 0.25) is 0 Å². The van der Waals surface area contributed by atoms with Crippen LogP contribution >= 0.6 is 0 Å². The number of hydrogen-bond acceptors (Lipinski definition) is 4. The first kappa shape index (κ1) is 18.9. The van der Waals surface area contributed by atoms with E-state index < -0.39 is 35.9 Å². The molecule has 1 saturated carbocycles. The fraction of sp³-hybridized carbons (Fsp3) is 0.300. The Kier molecular flexibility index (Phi) is 5.48. The third kappa shape index (κ3) is 4.67. The minimum Gasteiger partial charge on any atom is -0.461 e. The Morgan fingerprint density at radius 3 is 1.44 bits per heavy atom. The van der Waals surface area contributed by atoms with E-state index in [0.29, 0.717) is 11.1 Å². The van der Waals surface area contributed by atoms with E-state index >= 15 is 0 Å². The molecule has 4 nitrogen and oxygen atoms in total. The van der Waals surface area contributed by atoms with Crippen molar-refractivity contribution in [1.29, 1.82) is 0 Å². The molecule has 1 aliphatic rings. The van der Waals surface area contributed by atoms with Crippen LogP contribution < -0.4 is 0 Å². The van der Waals surface area contributed by atoms with Gasteiger partial charge in [0.1, 0.15) is 13.2 Å². The summed E-state index contributed by atoms with van der Waals surface area (Å²) in [5, 5.41) is 0. The molecule has 0 aliphatic heterocycles. The first-order valence-corrected chi connectivity index (χ1v) is 8.36. The Balaban J connectivity index is 1.60. The molecule has 27 heavy (non-hydrogen) atoms. The SMILES string of the molecule is O=C(OCc1ccccc1)[C@@H]1C(C(F)(F)F)[C@@H]1C(=O)OCc1ccccc1. The van der Waals surface area contributed by atoms with Crippen LogP contribution in [0, 0.1) is 17.8 Å². The molecule has 0 saturated heterocycles. The standard InChI is InChI=1S/C20H17F3O4/c21-20(22,23)17-15(18(24)26-11-13-7-3-1-4-8-13)16(17)19(25)27-12-14-9-5-2-6-10-14/h1-10,15-17H,11-12H2/t15-,16+,17?. The summed E-state index contributed by atoms with van der Waals surface area (Å²) in [5.41, 5.74) is 1.30. The van der Waals surface area contributed by atoms with Crippen molar-refractivity contribution >= 4 is 11.9 Å². The topological polar surface area (TPSA) is 52.6 Å². The van der Waals surface area contributed by atoms with Gasteiger partial charge in [0.25, 0.3) is 0 Å². The molecule has 0 radical (unpaired) electrons. The zero-order valence-electron chi connectivity index (χ0n) is 14.2. The van der Waals surface area contributed by atoms with Crippen LogP contribution in [0.25, 0.3) is 0 Å². The first-order valence-electron chi connectivity index (χ1n) is 8.36. The lowest BCUT2D eigenvalue weighted by atomic mass is 10.2. The Labute approximate surface area is 153 Å². The van der Waals surface area contributed by atoms with Crippen LogP contribution in [0.3, 0.4) is 0 Å². The zero-order valence-corrected chi connectivity index (χ0v) is 14.2. The van der Waals surface area contributed by atoms with E-state index in [1.165, 1.54) is 0 Å². The highest BCUT2D eigenvalue weighted by molar-refractivity contribution is 5.88. The number of carbonyl (C=O) groups excluding carboxylic acids is 2. The van der Waals surface area contributed by atoms with Crippen molar-refractivity contribution in [1.82, 2.24) is 0 Å². The summed E-state index contributed by atoms with van der Waals surface area (Å²) in [7, 11) is 0. The number of halogens is 3. The van der Waals surface area contributed by atoms with Gasteiger partial charge in [-0.2, -0.15) is 13.2 Å². The molecule has 2 aromatic rings. The second-order valence-corrected chi connectivity index (χ2v) is 6.31. The Bertz CT molecular complexity index is 728. The highest BCUT2D eigenvalue weighted by Gasteiger charge is 2.71. The summed E-state index contributed by atoms with van der Waals surface area (Å²) < 4.78 is 49.5. The Hall–Kier alpha value is -2.83. The maximum atomic E-state index is 13.2. The summed E-state index contributed by atoms with van der Waals surface area (Å²) in [4.78, 5) is 24.2. The third-order valence-electron chi connectivity index (χ3n) is 4.39. The lowest BCUT2D eigenvalue weighted by molar-refractivity contribution is -0.167. The van der Waals surface area contributed by atoms with E-state index in [1.807, 2.05) is 0 Å². The van der Waals surface area contributed by atoms with Crippen molar-refractivity contribution in [2.24, 2.45) is 17.8 Å². The molecule has 0 amide bonds. The van der Waals surface area contributed by atoms with Crippen LogP contribution in [0.2, 0.25) is 0 Å². The highest BCUT2D eigenvalue weighted by atomic mass is 19.4. The summed E-state index contributed by atoms with van der Waals surface area (Å²) in [6.45, 7) is -0.293. The molecule has 7 heteroatoms. The van der Waals surface area contributed by atoms with Gasteiger partial charge in [0.15, 0.2) is 0 Å². The Morgan fingerprint density at radius 2 is 1.11 bits per heavy atom. The number of carbonyl (C=O) groups is 2. The minimum atomic E-state index is -4.67. The summed E-state index contributed by atoms with van der Waals surface area (Å²) >= 11 is 0. The van der Waals surface area contributed by atoms with E-state index in [-0.39, 0.29) is 13.2 Å². The Morgan fingerprint density at radius 1 is 0.741 bits per heavy atom. The normalized spacial score (nSPS) is 21.4. The third-order valence-corrected chi connectivity index (χ3v) is 4.39.